The molecule has 3 aromatic heterocycles. The van der Waals surface area contributed by atoms with Gasteiger partial charge in [0.1, 0.15) is 19.8 Å². The van der Waals surface area contributed by atoms with Crippen molar-refractivity contribution < 1.29 is 13.9 Å². The molecule has 0 aromatic carbocycles. The zero-order valence-corrected chi connectivity index (χ0v) is 16.9. The minimum absolute atomic E-state index is 0.517. The molecule has 0 aliphatic rings. The third kappa shape index (κ3) is 4.50. The molecule has 0 spiro atoms. The molecule has 0 radical (unpaired) electrons. The summed E-state index contributed by atoms with van der Waals surface area (Å²) in [6, 6.07) is 0. The number of aromatic nitrogens is 5. The Kier molecular flexibility index (Phi) is 5.93. The minimum Gasteiger partial charge on any atom is -0.375 e. The topological polar surface area (TPSA) is 47.7 Å². The van der Waals surface area contributed by atoms with Crippen LogP contribution < -0.4 is 9.13 Å². The van der Waals surface area contributed by atoms with E-state index in [1.165, 1.54) is 21.1 Å². The molecule has 0 saturated heterocycles. The Labute approximate surface area is 156 Å². The maximum absolute atomic E-state index is 5.77. The molecule has 0 unspecified atom stereocenters. The van der Waals surface area contributed by atoms with Gasteiger partial charge in [-0.15, -0.1) is 5.10 Å². The van der Waals surface area contributed by atoms with Gasteiger partial charge < -0.3 is 4.74 Å². The summed E-state index contributed by atoms with van der Waals surface area (Å²) in [5.41, 5.74) is 7.80. The Hall–Kier alpha value is -1.64. The van der Waals surface area contributed by atoms with Crippen LogP contribution in [0.3, 0.4) is 0 Å². The van der Waals surface area contributed by atoms with E-state index >= 15 is 0 Å². The van der Waals surface area contributed by atoms with Crippen molar-refractivity contribution in [3.05, 3.63) is 44.1 Å². The molecule has 0 atom stereocenters. The second-order valence-corrected chi connectivity index (χ2v) is 8.09. The van der Waals surface area contributed by atoms with E-state index in [0.717, 1.165) is 25.1 Å². The summed E-state index contributed by atoms with van der Waals surface area (Å²) >= 11 is 3.58. The van der Waals surface area contributed by atoms with Gasteiger partial charge in [-0.05, 0) is 0 Å². The smallest absolute Gasteiger partial charge is 0.224 e. The van der Waals surface area contributed by atoms with Gasteiger partial charge in [-0.3, -0.25) is 4.68 Å². The summed E-state index contributed by atoms with van der Waals surface area (Å²) in [5.74, 6) is 0. The Balaban J connectivity index is 1.42. The molecule has 0 amide bonds. The van der Waals surface area contributed by atoms with Crippen molar-refractivity contribution in [2.75, 3.05) is 6.61 Å². The summed E-state index contributed by atoms with van der Waals surface area (Å²) in [5, 5.41) is 8.41. The predicted molar refractivity (Wildman–Crippen MR) is 97.6 cm³/mol. The van der Waals surface area contributed by atoms with Gasteiger partial charge in [0.05, 0.1) is 29.2 Å². The zero-order chi connectivity index (χ0) is 17.8. The molecule has 3 heterocycles. The quantitative estimate of drug-likeness (QED) is 0.442. The number of hydrogen-bond acceptors (Lipinski definition) is 5. The summed E-state index contributed by atoms with van der Waals surface area (Å²) in [7, 11) is 4.16. The molecule has 3 rings (SSSR count). The molecule has 0 bridgehead atoms. The van der Waals surface area contributed by atoms with Gasteiger partial charge in [-0.25, -0.2) is 0 Å². The zero-order valence-electron chi connectivity index (χ0n) is 15.2. The molecule has 0 fully saturated rings. The highest BCUT2D eigenvalue weighted by Crippen LogP contribution is 2.13. The molecule has 0 aliphatic carbocycles. The first-order chi connectivity index (χ1) is 12.0. The van der Waals surface area contributed by atoms with Crippen LogP contribution in [0.15, 0.2) is 17.2 Å². The van der Waals surface area contributed by atoms with Gasteiger partial charge in [0.25, 0.3) is 0 Å². The van der Waals surface area contributed by atoms with Gasteiger partial charge >= 0.3 is 0 Å². The lowest BCUT2D eigenvalue weighted by atomic mass is 10.3. The summed E-state index contributed by atoms with van der Waals surface area (Å²) in [6.45, 7) is 6.37. The Morgan fingerprint density at radius 1 is 1.04 bits per heavy atom. The molecule has 6 nitrogen and oxygen atoms in total. The highest BCUT2D eigenvalue weighted by molar-refractivity contribution is 7.09. The largest absolute Gasteiger partial charge is 0.375 e. The van der Waals surface area contributed by atoms with E-state index in [0.29, 0.717) is 13.2 Å². The second-order valence-electron chi connectivity index (χ2n) is 6.21. The summed E-state index contributed by atoms with van der Waals surface area (Å²) in [6.07, 6.45) is 3.91. The third-order valence-corrected chi connectivity index (χ3v) is 6.86. The van der Waals surface area contributed by atoms with Crippen LogP contribution in [-0.4, -0.2) is 21.6 Å². The lowest BCUT2D eigenvalue weighted by molar-refractivity contribution is -0.673. The Morgan fingerprint density at radius 3 is 2.28 bits per heavy atom. The first-order valence-electron chi connectivity index (χ1n) is 8.36. The lowest BCUT2D eigenvalue weighted by Crippen LogP contribution is -2.28. The van der Waals surface area contributed by atoms with Gasteiger partial charge in [0.2, 0.25) is 11.0 Å². The number of nitrogens with zero attached hydrogens (tertiary/aromatic N) is 5. The fourth-order valence-electron chi connectivity index (χ4n) is 2.56. The molecular formula is C17H25N5OS2+2. The number of hydrogen-bond donors (Lipinski definition) is 0. The number of aryl methyl sites for hydroxylation is 4. The molecule has 0 saturated carbocycles. The lowest BCUT2D eigenvalue weighted by Gasteiger charge is -2.00. The van der Waals surface area contributed by atoms with Crippen LogP contribution in [-0.2, 0) is 44.8 Å². The van der Waals surface area contributed by atoms with Crippen molar-refractivity contribution >= 4 is 22.7 Å². The van der Waals surface area contributed by atoms with E-state index in [9.17, 15) is 0 Å². The first-order valence-corrected chi connectivity index (χ1v) is 10.1. The molecule has 134 valence electrons. The maximum Gasteiger partial charge on any atom is 0.224 e. The number of thiazole rings is 2. The van der Waals surface area contributed by atoms with Crippen LogP contribution in [0.25, 0.3) is 0 Å². The summed E-state index contributed by atoms with van der Waals surface area (Å²) in [4.78, 5) is 2.78. The molecule has 3 aromatic rings. The van der Waals surface area contributed by atoms with Crippen LogP contribution in [0.2, 0.25) is 0 Å². The normalized spacial score (nSPS) is 11.4. The predicted octanol–water partition coefficient (Wildman–Crippen LogP) is 1.67. The molecule has 0 N–H and O–H groups in total. The second kappa shape index (κ2) is 8.16. The van der Waals surface area contributed by atoms with E-state index in [1.54, 1.807) is 22.7 Å². The van der Waals surface area contributed by atoms with E-state index in [1.807, 2.05) is 10.9 Å². The molecule has 8 heteroatoms. The first kappa shape index (κ1) is 18.2. The van der Waals surface area contributed by atoms with Crippen LogP contribution in [0.4, 0.5) is 0 Å². The van der Waals surface area contributed by atoms with E-state index in [-0.39, 0.29) is 0 Å². The average Bonchev–Trinajstić information content (AvgIpc) is 3.27. The maximum atomic E-state index is 5.77. The third-order valence-electron chi connectivity index (χ3n) is 4.45. The van der Waals surface area contributed by atoms with Crippen molar-refractivity contribution in [1.82, 2.24) is 15.0 Å². The van der Waals surface area contributed by atoms with Gasteiger partial charge in [0.15, 0.2) is 11.4 Å². The van der Waals surface area contributed by atoms with E-state index < -0.39 is 0 Å². The van der Waals surface area contributed by atoms with Gasteiger partial charge in [-0.1, -0.05) is 27.9 Å². The molecule has 25 heavy (non-hydrogen) atoms. The van der Waals surface area contributed by atoms with Crippen LogP contribution in [0.1, 0.15) is 26.8 Å². The van der Waals surface area contributed by atoms with Crippen molar-refractivity contribution in [3.8, 4) is 0 Å². The van der Waals surface area contributed by atoms with Crippen molar-refractivity contribution in [3.63, 3.8) is 0 Å². The highest BCUT2D eigenvalue weighted by atomic mass is 32.1. The number of rotatable bonds is 8. The standard InChI is InChI=1S/C17H25N5OS2/c1-13-16(24-11-20(13)3)5-7-22-9-15(18-19-22)10-23-8-6-17-14(2)21(4)12-25-17/h9,11-12H,5-8,10H2,1-4H3/q+2. The monoisotopic (exact) mass is 379 g/mol. The Morgan fingerprint density at radius 2 is 1.68 bits per heavy atom. The molecular weight excluding hydrogens is 354 g/mol. The van der Waals surface area contributed by atoms with Gasteiger partial charge in [-0.2, -0.15) is 9.13 Å². The molecule has 0 aliphatic heterocycles. The van der Waals surface area contributed by atoms with E-state index in [2.05, 4.69) is 58.4 Å². The van der Waals surface area contributed by atoms with Crippen molar-refractivity contribution in [2.45, 2.75) is 39.8 Å². The fourth-order valence-corrected chi connectivity index (χ4v) is 4.49. The fraction of sp³-hybridized carbons (Fsp3) is 0.529. The van der Waals surface area contributed by atoms with Gasteiger partial charge in [0, 0.05) is 33.2 Å². The van der Waals surface area contributed by atoms with Crippen LogP contribution >= 0.6 is 22.7 Å². The van der Waals surface area contributed by atoms with Crippen molar-refractivity contribution in [2.24, 2.45) is 14.1 Å². The average molecular weight is 380 g/mol. The Bertz CT molecular complexity index is 836. The SMILES string of the molecule is Cc1c(CCOCc2cn(CCc3sc[n+](C)c3C)nn2)sc[n+]1C. The van der Waals surface area contributed by atoms with Crippen LogP contribution in [0.5, 0.6) is 0 Å². The minimum atomic E-state index is 0.517. The highest BCUT2D eigenvalue weighted by Gasteiger charge is 2.12. The van der Waals surface area contributed by atoms with E-state index in [4.69, 9.17) is 4.74 Å². The van der Waals surface area contributed by atoms with Crippen LogP contribution in [0, 0.1) is 13.8 Å². The number of ether oxygens (including phenoxy) is 1. The van der Waals surface area contributed by atoms with Crippen molar-refractivity contribution in [1.29, 1.82) is 0 Å². The summed E-state index contributed by atoms with van der Waals surface area (Å²) < 4.78 is 12.0.